The molecule has 0 aliphatic heterocycles. The normalized spacial score (nSPS) is 10.3. The Kier molecular flexibility index (Phi) is 25.1. The standard InChI is InChI=1S/4C12H8N4O2.C6H6N4O2.2C5H4N4O2.CH4.Ar/c17-12(9-5-2-1-3-6-9)18-16-10-7-4-8-13-11(10)14-15-16;17-12(9-5-2-1-3-6-9)18-16-11-10(14-15-16)7-4-8-13-11;17-12(9-4-2-1-3-5-9)18-16-11-6-7-13-8-10(11)14-15-16;17-12(9-4-2-1-3-5-9)18-16-11-8-13-7-6-10(11)14-15-16;1-12-5-3-7-2-4-6(5)10(11)9-8-4;10-3-1-2-6-5-4(3)7-8-9(5)11;10-8-3-1-2-4-5(8)9(11)7-6-4;;/h4*1-8H;2-3,11H,1H3;1-2,11H,(H,6,10);1-3,7H;1H4;. The number of rotatable bonds is 9. The van der Waals surface area contributed by atoms with Gasteiger partial charge in [-0.3, -0.25) is 19.7 Å². The molecular weight excluding hydrogens is 1440 g/mol. The van der Waals surface area contributed by atoms with E-state index in [1.165, 1.54) is 50.2 Å². The van der Waals surface area contributed by atoms with E-state index in [0.717, 1.165) is 19.4 Å². The average molecular weight is 1490 g/mol. The smallest absolute Gasteiger partial charge is 0.519 e. The summed E-state index contributed by atoms with van der Waals surface area (Å²) in [5.74, 6) is -1.54. The monoisotopic (exact) mass is 1490 g/mol. The second-order valence-electron chi connectivity index (χ2n) is 20.5. The summed E-state index contributed by atoms with van der Waals surface area (Å²) in [7, 11) is 1.49. The van der Waals surface area contributed by atoms with Crippen molar-refractivity contribution in [1.29, 1.82) is 0 Å². The first-order valence-electron chi connectivity index (χ1n) is 30.2. The van der Waals surface area contributed by atoms with Gasteiger partial charge in [0, 0.05) is 85.7 Å². The molecule has 18 aromatic rings. The number of aromatic amines is 2. The number of nitrogens with one attached hydrogen (secondary N) is 2. The Labute approximate surface area is 631 Å². The quantitative estimate of drug-likeness (QED) is 0.0697. The SMILES string of the molecule is C.COc1cncc2nnn(O)c12.O=C(On1nnc2cccnc21)c1ccccc1.O=C(On1nnc2ccncc21)c1ccccc1.O=C(On1nnc2cnccc21)c1ccccc1.O=C(On1nnc2ncccc21)c1ccccc1.O=c1cc[nH]c2c1nnn2O.[Ar].[O-][n+]1cccc2n[nH][n+]([O-])c21. The molecule has 0 bridgehead atoms. The molecular formula is C65H50ArN28O14. The molecule has 43 heteroatoms. The molecule has 0 saturated carbocycles. The minimum Gasteiger partial charge on any atom is -0.614 e. The van der Waals surface area contributed by atoms with Crippen molar-refractivity contribution < 1.29 is 101 Å². The van der Waals surface area contributed by atoms with Crippen molar-refractivity contribution in [1.82, 2.24) is 131 Å². The van der Waals surface area contributed by atoms with Crippen LogP contribution in [0.25, 0.3) is 77.8 Å². The summed E-state index contributed by atoms with van der Waals surface area (Å²) in [6, 6.07) is 49.4. The average Bonchev–Trinajstić information content (AvgIpc) is 1.69. The molecule has 0 atom stereocenters. The van der Waals surface area contributed by atoms with Gasteiger partial charge < -0.3 is 49.9 Å². The summed E-state index contributed by atoms with van der Waals surface area (Å²) in [4.78, 5) is 107. The molecule has 0 aliphatic rings. The van der Waals surface area contributed by atoms with Crippen LogP contribution in [-0.4, -0.2) is 173 Å². The first-order valence-corrected chi connectivity index (χ1v) is 30.2. The molecule has 0 radical (unpaired) electrons. The summed E-state index contributed by atoms with van der Waals surface area (Å²) >= 11 is 0. The van der Waals surface area contributed by atoms with Crippen LogP contribution in [0, 0.1) is 48.2 Å². The van der Waals surface area contributed by atoms with Crippen LogP contribution in [0.5, 0.6) is 5.75 Å². The second kappa shape index (κ2) is 36.0. The van der Waals surface area contributed by atoms with Crippen molar-refractivity contribution >= 4 is 102 Å². The number of hydrogen-bond acceptors (Lipinski definition) is 32. The van der Waals surface area contributed by atoms with Gasteiger partial charge in [0.1, 0.15) is 33.1 Å². The van der Waals surface area contributed by atoms with Gasteiger partial charge in [-0.15, -0.1) is 40.4 Å². The van der Waals surface area contributed by atoms with E-state index in [2.05, 4.69) is 102 Å². The van der Waals surface area contributed by atoms with Crippen molar-refractivity contribution in [2.24, 2.45) is 0 Å². The molecule has 14 aromatic heterocycles. The molecule has 4 aromatic carbocycles. The zero-order chi connectivity index (χ0) is 73.7. The summed E-state index contributed by atoms with van der Waals surface area (Å²) in [6.07, 6.45) is 15.1. The molecule has 0 fully saturated rings. The van der Waals surface area contributed by atoms with Crippen molar-refractivity contribution in [3.63, 3.8) is 0 Å². The van der Waals surface area contributed by atoms with Gasteiger partial charge in [-0.05, 0) is 127 Å². The number of aromatic nitrogens is 28. The number of pyridine rings is 7. The van der Waals surface area contributed by atoms with Crippen LogP contribution >= 0.6 is 0 Å². The van der Waals surface area contributed by atoms with Gasteiger partial charge in [0.05, 0.1) is 54.2 Å². The maximum Gasteiger partial charge on any atom is 0.519 e. The largest absolute Gasteiger partial charge is 0.614 e. The van der Waals surface area contributed by atoms with Gasteiger partial charge in [-0.2, -0.15) is 0 Å². The van der Waals surface area contributed by atoms with Crippen LogP contribution in [0.3, 0.4) is 0 Å². The van der Waals surface area contributed by atoms with E-state index in [4.69, 9.17) is 34.5 Å². The van der Waals surface area contributed by atoms with E-state index in [0.29, 0.717) is 108 Å². The van der Waals surface area contributed by atoms with Gasteiger partial charge in [0.25, 0.3) is 0 Å². The molecule has 542 valence electrons. The zero-order valence-electron chi connectivity index (χ0n) is 54.3. The minimum absolute atomic E-state index is 0. The van der Waals surface area contributed by atoms with Crippen LogP contribution < -0.4 is 39.1 Å². The number of nitrogens with zero attached hydrogens (tertiary/aromatic N) is 26. The fraction of sp³-hybridized carbons (Fsp3) is 0.0308. The van der Waals surface area contributed by atoms with E-state index in [9.17, 15) is 34.4 Å². The van der Waals surface area contributed by atoms with E-state index >= 15 is 0 Å². The fourth-order valence-electron chi connectivity index (χ4n) is 8.80. The Morgan fingerprint density at radius 1 is 0.463 bits per heavy atom. The number of benzene rings is 4. The number of hydrogen-bond donors (Lipinski definition) is 4. The predicted molar refractivity (Wildman–Crippen MR) is 366 cm³/mol. The van der Waals surface area contributed by atoms with Crippen LogP contribution in [-0.2, 0) is 0 Å². The van der Waals surface area contributed by atoms with Crippen LogP contribution in [0.4, 0.5) is 0 Å². The summed E-state index contributed by atoms with van der Waals surface area (Å²) in [5, 5.41) is 89.4. The molecule has 4 N–H and O–H groups in total. The van der Waals surface area contributed by atoms with E-state index in [1.54, 1.807) is 171 Å². The molecule has 18 rings (SSSR count). The zero-order valence-corrected chi connectivity index (χ0v) is 55.0. The van der Waals surface area contributed by atoms with Gasteiger partial charge in [-0.1, -0.05) is 110 Å². The summed E-state index contributed by atoms with van der Waals surface area (Å²) < 4.78 is 5.41. The Bertz CT molecular complexity index is 5590. The molecule has 0 amide bonds. The Balaban J connectivity index is 0.000000135. The van der Waals surface area contributed by atoms with Crippen molar-refractivity contribution in [2.45, 2.75) is 7.43 Å². The molecule has 14 heterocycles. The van der Waals surface area contributed by atoms with Crippen molar-refractivity contribution in [2.75, 3.05) is 7.11 Å². The number of ether oxygens (including phenoxy) is 1. The second-order valence-corrected chi connectivity index (χ2v) is 20.5. The Hall–Kier alpha value is -15.3. The third kappa shape index (κ3) is 18.3. The Morgan fingerprint density at radius 2 is 0.972 bits per heavy atom. The topological polar surface area (TPSA) is 519 Å². The maximum atomic E-state index is 11.8. The van der Waals surface area contributed by atoms with Gasteiger partial charge >= 0.3 is 29.5 Å². The number of fused-ring (bicyclic) bond motifs is 7. The summed E-state index contributed by atoms with van der Waals surface area (Å²) in [5.41, 5.74) is 7.39. The molecule has 0 aliphatic carbocycles. The number of carbonyl (C=O) groups excluding carboxylic acids is 4. The third-order valence-corrected chi connectivity index (χ3v) is 13.8. The van der Waals surface area contributed by atoms with E-state index in [1.807, 2.05) is 24.3 Å². The fourth-order valence-corrected chi connectivity index (χ4v) is 8.80. The van der Waals surface area contributed by atoms with Crippen LogP contribution in [0.2, 0.25) is 0 Å². The third-order valence-electron chi connectivity index (χ3n) is 13.8. The van der Waals surface area contributed by atoms with E-state index < -0.39 is 23.9 Å². The van der Waals surface area contributed by atoms with Crippen molar-refractivity contribution in [3.05, 3.63) is 281 Å². The van der Waals surface area contributed by atoms with Gasteiger partial charge in [0.2, 0.25) is 27.9 Å². The summed E-state index contributed by atoms with van der Waals surface area (Å²) in [6.45, 7) is 0. The van der Waals surface area contributed by atoms with Gasteiger partial charge in [0.15, 0.2) is 28.5 Å². The van der Waals surface area contributed by atoms with Crippen LogP contribution in [0.15, 0.2) is 243 Å². The van der Waals surface area contributed by atoms with Crippen LogP contribution in [0.1, 0.15) is 48.9 Å². The number of methoxy groups -OCH3 is 1. The minimum atomic E-state index is -0.506. The Morgan fingerprint density at radius 3 is 1.59 bits per heavy atom. The maximum absolute atomic E-state index is 11.8. The van der Waals surface area contributed by atoms with Gasteiger partial charge in [-0.25, -0.2) is 29.1 Å². The molecule has 42 nitrogen and oxygen atoms in total. The molecule has 0 saturated heterocycles. The number of carbonyl (C=O) groups is 4. The first kappa shape index (κ1) is 75.3. The van der Waals surface area contributed by atoms with E-state index in [-0.39, 0.29) is 67.4 Å². The molecule has 0 unspecified atom stereocenters. The first-order chi connectivity index (χ1) is 51.8. The molecule has 108 heavy (non-hydrogen) atoms. The predicted octanol–water partition coefficient (Wildman–Crippen LogP) is 3.28. The van der Waals surface area contributed by atoms with Crippen molar-refractivity contribution in [3.8, 4) is 5.75 Å². The number of H-pyrrole nitrogens is 2. The molecule has 0 spiro atoms.